The normalized spacial score (nSPS) is 15.7. The van der Waals surface area contributed by atoms with E-state index in [4.69, 9.17) is 0 Å². The highest BCUT2D eigenvalue weighted by atomic mass is 19.1. The molecule has 0 radical (unpaired) electrons. The molecule has 0 aliphatic heterocycles. The third kappa shape index (κ3) is 2.15. The van der Waals surface area contributed by atoms with E-state index in [-0.39, 0.29) is 17.3 Å². The van der Waals surface area contributed by atoms with Crippen molar-refractivity contribution >= 4 is 16.9 Å². The van der Waals surface area contributed by atoms with Crippen molar-refractivity contribution in [2.45, 2.75) is 18.4 Å². The average Bonchev–Trinajstić information content (AvgIpc) is 3.14. The molecule has 5 heteroatoms. The second-order valence-corrected chi connectivity index (χ2v) is 5.68. The summed E-state index contributed by atoms with van der Waals surface area (Å²) in [5.41, 5.74) is 2.85. The van der Waals surface area contributed by atoms with Crippen LogP contribution in [0.4, 0.5) is 4.39 Å². The van der Waals surface area contributed by atoms with Crippen LogP contribution in [-0.2, 0) is 5.54 Å². The second kappa shape index (κ2) is 4.66. The van der Waals surface area contributed by atoms with Gasteiger partial charge in [-0.1, -0.05) is 12.1 Å². The summed E-state index contributed by atoms with van der Waals surface area (Å²) in [6.07, 6.45) is 3.35. The van der Waals surface area contributed by atoms with E-state index >= 15 is 0 Å². The van der Waals surface area contributed by atoms with Crippen LogP contribution in [0.3, 0.4) is 0 Å². The molecule has 110 valence electrons. The molecule has 1 fully saturated rings. The van der Waals surface area contributed by atoms with Gasteiger partial charge in [0.25, 0.3) is 5.91 Å². The Morgan fingerprint density at radius 1 is 1.18 bits per heavy atom. The van der Waals surface area contributed by atoms with Gasteiger partial charge in [0.1, 0.15) is 5.82 Å². The van der Waals surface area contributed by atoms with Gasteiger partial charge in [-0.25, -0.2) is 9.37 Å². The third-order valence-electron chi connectivity index (χ3n) is 4.18. The van der Waals surface area contributed by atoms with Crippen molar-refractivity contribution in [3.8, 4) is 0 Å². The highest BCUT2D eigenvalue weighted by Gasteiger charge is 2.45. The summed E-state index contributed by atoms with van der Waals surface area (Å²) in [5.74, 6) is -0.395. The summed E-state index contributed by atoms with van der Waals surface area (Å²) in [6.45, 7) is 0. The Hall–Kier alpha value is -2.69. The highest BCUT2D eigenvalue weighted by molar-refractivity contribution is 5.98. The lowest BCUT2D eigenvalue weighted by Gasteiger charge is -2.18. The maximum Gasteiger partial charge on any atom is 0.252 e. The van der Waals surface area contributed by atoms with Crippen molar-refractivity contribution < 1.29 is 9.18 Å². The number of aromatic amines is 1. The molecular weight excluding hydrogens is 281 g/mol. The molecule has 1 amide bonds. The topological polar surface area (TPSA) is 57.8 Å². The quantitative estimate of drug-likeness (QED) is 0.780. The summed E-state index contributed by atoms with van der Waals surface area (Å²) < 4.78 is 13.0. The van der Waals surface area contributed by atoms with Crippen LogP contribution in [0.25, 0.3) is 11.0 Å². The lowest BCUT2D eigenvalue weighted by molar-refractivity contribution is 0.0931. The van der Waals surface area contributed by atoms with Crippen molar-refractivity contribution in [3.05, 3.63) is 65.7 Å². The predicted octanol–water partition coefficient (Wildman–Crippen LogP) is 3.12. The Labute approximate surface area is 126 Å². The molecule has 0 unspecified atom stereocenters. The molecule has 2 aromatic carbocycles. The molecule has 1 aromatic heterocycles. The first-order valence-electron chi connectivity index (χ1n) is 7.18. The average molecular weight is 295 g/mol. The van der Waals surface area contributed by atoms with Crippen LogP contribution in [0.15, 0.2) is 48.8 Å². The number of aromatic nitrogens is 2. The van der Waals surface area contributed by atoms with Gasteiger partial charge < -0.3 is 10.3 Å². The van der Waals surface area contributed by atoms with Crippen LogP contribution in [-0.4, -0.2) is 15.9 Å². The van der Waals surface area contributed by atoms with Gasteiger partial charge in [-0.15, -0.1) is 0 Å². The number of hydrogen-bond donors (Lipinski definition) is 2. The van der Waals surface area contributed by atoms with Crippen LogP contribution in [0.1, 0.15) is 28.8 Å². The zero-order valence-electron chi connectivity index (χ0n) is 11.8. The molecule has 2 N–H and O–H groups in total. The van der Waals surface area contributed by atoms with E-state index in [1.54, 1.807) is 30.6 Å². The summed E-state index contributed by atoms with van der Waals surface area (Å²) >= 11 is 0. The zero-order valence-corrected chi connectivity index (χ0v) is 11.8. The first kappa shape index (κ1) is 13.0. The van der Waals surface area contributed by atoms with Crippen LogP contribution >= 0.6 is 0 Å². The molecule has 0 bridgehead atoms. The summed E-state index contributed by atoms with van der Waals surface area (Å²) in [4.78, 5) is 19.6. The Morgan fingerprint density at radius 2 is 1.95 bits per heavy atom. The van der Waals surface area contributed by atoms with Gasteiger partial charge in [-0.3, -0.25) is 4.79 Å². The number of carbonyl (C=O) groups excluding carboxylic acids is 1. The number of carbonyl (C=O) groups is 1. The van der Waals surface area contributed by atoms with E-state index in [0.717, 1.165) is 29.4 Å². The fraction of sp³-hybridized carbons (Fsp3) is 0.176. The molecule has 1 aliphatic carbocycles. The largest absolute Gasteiger partial charge is 0.345 e. The number of H-pyrrole nitrogens is 1. The minimum absolute atomic E-state index is 0.127. The molecule has 1 heterocycles. The predicted molar refractivity (Wildman–Crippen MR) is 80.9 cm³/mol. The number of hydrogen-bond acceptors (Lipinski definition) is 2. The van der Waals surface area contributed by atoms with E-state index < -0.39 is 0 Å². The molecule has 0 atom stereocenters. The molecule has 4 rings (SSSR count). The summed E-state index contributed by atoms with van der Waals surface area (Å²) in [6, 6.07) is 11.7. The van der Waals surface area contributed by atoms with E-state index in [0.29, 0.717) is 5.56 Å². The number of halogens is 1. The summed E-state index contributed by atoms with van der Waals surface area (Å²) in [5, 5.41) is 3.08. The van der Waals surface area contributed by atoms with Gasteiger partial charge in [0, 0.05) is 5.56 Å². The molecule has 4 nitrogen and oxygen atoms in total. The molecule has 1 aliphatic rings. The van der Waals surface area contributed by atoms with E-state index in [9.17, 15) is 9.18 Å². The van der Waals surface area contributed by atoms with Crippen molar-refractivity contribution in [2.75, 3.05) is 0 Å². The Bertz CT molecular complexity index is 850. The standard InChI is InChI=1S/C17H14FN3O/c18-13-4-2-12(3-5-13)17(7-8-17)21-16(22)11-1-6-14-15(9-11)20-10-19-14/h1-6,9-10H,7-8H2,(H,19,20)(H,21,22). The Balaban J connectivity index is 1.59. The minimum atomic E-state index is -0.353. The number of nitrogens with one attached hydrogen (secondary N) is 2. The van der Waals surface area contributed by atoms with Crippen LogP contribution in [0.2, 0.25) is 0 Å². The second-order valence-electron chi connectivity index (χ2n) is 5.68. The van der Waals surface area contributed by atoms with E-state index in [2.05, 4.69) is 15.3 Å². The van der Waals surface area contributed by atoms with Gasteiger partial charge in [0.2, 0.25) is 0 Å². The van der Waals surface area contributed by atoms with Crippen LogP contribution < -0.4 is 5.32 Å². The number of fused-ring (bicyclic) bond motifs is 1. The summed E-state index contributed by atoms with van der Waals surface area (Å²) in [7, 11) is 0. The van der Waals surface area contributed by atoms with Crippen molar-refractivity contribution in [1.29, 1.82) is 0 Å². The Kier molecular flexibility index (Phi) is 2.76. The molecule has 3 aromatic rings. The number of imidazole rings is 1. The van der Waals surface area contributed by atoms with Gasteiger partial charge in [-0.2, -0.15) is 0 Å². The maximum absolute atomic E-state index is 13.0. The van der Waals surface area contributed by atoms with Gasteiger partial charge in [0.05, 0.1) is 22.9 Å². The van der Waals surface area contributed by atoms with Crippen LogP contribution in [0.5, 0.6) is 0 Å². The van der Waals surface area contributed by atoms with Crippen molar-refractivity contribution in [3.63, 3.8) is 0 Å². The number of rotatable bonds is 3. The first-order chi connectivity index (χ1) is 10.7. The zero-order chi connectivity index (χ0) is 15.2. The number of amides is 1. The monoisotopic (exact) mass is 295 g/mol. The molecule has 0 saturated heterocycles. The maximum atomic E-state index is 13.0. The fourth-order valence-electron chi connectivity index (χ4n) is 2.75. The Morgan fingerprint density at radius 3 is 2.68 bits per heavy atom. The first-order valence-corrected chi connectivity index (χ1v) is 7.18. The fourth-order valence-corrected chi connectivity index (χ4v) is 2.75. The molecular formula is C17H14FN3O. The number of nitrogens with zero attached hydrogens (tertiary/aromatic N) is 1. The van der Waals surface area contributed by atoms with Gasteiger partial charge in [0.15, 0.2) is 0 Å². The smallest absolute Gasteiger partial charge is 0.252 e. The van der Waals surface area contributed by atoms with Gasteiger partial charge in [-0.05, 0) is 48.7 Å². The lowest BCUT2D eigenvalue weighted by atomic mass is 10.0. The molecule has 1 saturated carbocycles. The number of benzene rings is 2. The molecule has 0 spiro atoms. The van der Waals surface area contributed by atoms with E-state index in [1.807, 2.05) is 6.07 Å². The third-order valence-corrected chi connectivity index (χ3v) is 4.18. The van der Waals surface area contributed by atoms with Crippen LogP contribution in [0, 0.1) is 5.82 Å². The lowest BCUT2D eigenvalue weighted by Crippen LogP contribution is -2.34. The van der Waals surface area contributed by atoms with Crippen molar-refractivity contribution in [1.82, 2.24) is 15.3 Å². The SMILES string of the molecule is O=C(NC1(c2ccc(F)cc2)CC1)c1ccc2nc[nH]c2c1. The van der Waals surface area contributed by atoms with Gasteiger partial charge >= 0.3 is 0 Å². The molecule has 22 heavy (non-hydrogen) atoms. The van der Waals surface area contributed by atoms with E-state index in [1.165, 1.54) is 12.1 Å². The van der Waals surface area contributed by atoms with Crippen molar-refractivity contribution in [2.24, 2.45) is 0 Å². The minimum Gasteiger partial charge on any atom is -0.345 e. The highest BCUT2D eigenvalue weighted by Crippen LogP contribution is 2.45.